The Balaban J connectivity index is 2.39. The Hall–Kier alpha value is -1.68. The predicted molar refractivity (Wildman–Crippen MR) is 62.2 cm³/mol. The van der Waals surface area contributed by atoms with Crippen molar-refractivity contribution in [2.75, 3.05) is 0 Å². The van der Waals surface area contributed by atoms with Gasteiger partial charge in [-0.2, -0.15) is 0 Å². The number of H-pyrrole nitrogens is 1. The summed E-state index contributed by atoms with van der Waals surface area (Å²) in [5.74, 6) is -0.286. The van der Waals surface area contributed by atoms with Crippen LogP contribution in [0, 0.1) is 5.82 Å². The van der Waals surface area contributed by atoms with Gasteiger partial charge in [-0.1, -0.05) is 11.6 Å². The van der Waals surface area contributed by atoms with E-state index in [0.29, 0.717) is 5.70 Å². The van der Waals surface area contributed by atoms with Gasteiger partial charge in [0.15, 0.2) is 0 Å². The number of aromatic amines is 1. The molecule has 1 aliphatic heterocycles. The van der Waals surface area contributed by atoms with E-state index < -0.39 is 5.50 Å². The van der Waals surface area contributed by atoms with Gasteiger partial charge in [0.1, 0.15) is 11.3 Å². The maximum atomic E-state index is 13.2. The van der Waals surface area contributed by atoms with Crippen molar-refractivity contribution >= 4 is 28.2 Å². The van der Waals surface area contributed by atoms with Crippen molar-refractivity contribution in [3.8, 4) is 0 Å². The third-order valence-electron chi connectivity index (χ3n) is 2.73. The molecule has 0 bridgehead atoms. The van der Waals surface area contributed by atoms with Crippen molar-refractivity contribution in [1.29, 1.82) is 0 Å². The van der Waals surface area contributed by atoms with E-state index in [1.165, 1.54) is 12.1 Å². The van der Waals surface area contributed by atoms with Gasteiger partial charge in [-0.3, -0.25) is 0 Å². The Morgan fingerprint density at radius 1 is 1.38 bits per heavy atom. The summed E-state index contributed by atoms with van der Waals surface area (Å²) in [6, 6.07) is 4.54. The maximum Gasteiger partial charge on any atom is 0.129 e. The summed E-state index contributed by atoms with van der Waals surface area (Å²) in [7, 11) is 0. The molecular formula is C11H9ClFN3. The van der Waals surface area contributed by atoms with E-state index in [2.05, 4.69) is 10.3 Å². The van der Waals surface area contributed by atoms with Gasteiger partial charge in [-0.05, 0) is 18.2 Å². The molecule has 0 saturated heterocycles. The molecule has 1 unspecified atom stereocenters. The van der Waals surface area contributed by atoms with Crippen LogP contribution in [-0.4, -0.2) is 4.98 Å². The van der Waals surface area contributed by atoms with Crippen LogP contribution in [0.3, 0.4) is 0 Å². The number of hydrogen-bond acceptors (Lipinski definition) is 2. The van der Waals surface area contributed by atoms with E-state index in [0.717, 1.165) is 22.2 Å². The summed E-state index contributed by atoms with van der Waals surface area (Å²) in [6.45, 7) is 0. The van der Waals surface area contributed by atoms with Crippen LogP contribution in [-0.2, 0) is 0 Å². The molecule has 1 aliphatic rings. The van der Waals surface area contributed by atoms with Crippen molar-refractivity contribution in [1.82, 2.24) is 10.3 Å². The zero-order valence-electron chi connectivity index (χ0n) is 8.22. The second-order valence-electron chi connectivity index (χ2n) is 3.73. The van der Waals surface area contributed by atoms with Gasteiger partial charge >= 0.3 is 0 Å². The van der Waals surface area contributed by atoms with Crippen LogP contribution >= 0.6 is 11.6 Å². The summed E-state index contributed by atoms with van der Waals surface area (Å²) >= 11 is 6.13. The molecule has 1 aromatic heterocycles. The SMILES string of the molecule is NC1=CNC(Cl)c2c1[nH]c1ccc(F)cc21. The summed E-state index contributed by atoms with van der Waals surface area (Å²) in [5, 5.41) is 3.68. The second kappa shape index (κ2) is 3.15. The molecule has 3 nitrogen and oxygen atoms in total. The highest BCUT2D eigenvalue weighted by Gasteiger charge is 2.23. The van der Waals surface area contributed by atoms with Gasteiger partial charge in [0, 0.05) is 22.7 Å². The molecule has 0 radical (unpaired) electrons. The minimum Gasteiger partial charge on any atom is -0.396 e. The Morgan fingerprint density at radius 3 is 3.00 bits per heavy atom. The first-order valence-corrected chi connectivity index (χ1v) is 5.28. The topological polar surface area (TPSA) is 53.8 Å². The van der Waals surface area contributed by atoms with Gasteiger partial charge in [0.05, 0.1) is 11.4 Å². The van der Waals surface area contributed by atoms with Gasteiger partial charge in [-0.25, -0.2) is 4.39 Å². The Bertz CT molecular complexity index is 603. The van der Waals surface area contributed by atoms with Crippen molar-refractivity contribution < 1.29 is 4.39 Å². The summed E-state index contributed by atoms with van der Waals surface area (Å²) in [5.41, 5.74) is 8.40. The average molecular weight is 238 g/mol. The predicted octanol–water partition coefficient (Wildman–Crippen LogP) is 2.40. The van der Waals surface area contributed by atoms with Gasteiger partial charge in [0.2, 0.25) is 0 Å². The molecule has 4 N–H and O–H groups in total. The van der Waals surface area contributed by atoms with Crippen LogP contribution in [0.25, 0.3) is 16.6 Å². The number of halogens is 2. The third kappa shape index (κ3) is 1.20. The Kier molecular flexibility index (Phi) is 1.88. The normalized spacial score (nSPS) is 19.1. The van der Waals surface area contributed by atoms with Crippen molar-refractivity contribution in [3.63, 3.8) is 0 Å². The zero-order chi connectivity index (χ0) is 11.3. The number of fused-ring (bicyclic) bond motifs is 3. The van der Waals surface area contributed by atoms with Crippen LogP contribution in [0.2, 0.25) is 0 Å². The van der Waals surface area contributed by atoms with Gasteiger partial charge in [-0.15, -0.1) is 0 Å². The second-order valence-corrected chi connectivity index (χ2v) is 4.17. The van der Waals surface area contributed by atoms with Crippen molar-refractivity contribution in [2.45, 2.75) is 5.50 Å². The minimum atomic E-state index is -0.391. The van der Waals surface area contributed by atoms with Gasteiger partial charge < -0.3 is 16.0 Å². The molecule has 16 heavy (non-hydrogen) atoms. The minimum absolute atomic E-state index is 0.286. The molecule has 3 rings (SSSR count). The van der Waals surface area contributed by atoms with Crippen LogP contribution in [0.15, 0.2) is 24.4 Å². The fraction of sp³-hybridized carbons (Fsp3) is 0.0909. The number of nitrogens with two attached hydrogens (primary N) is 1. The molecule has 1 aromatic carbocycles. The van der Waals surface area contributed by atoms with Crippen molar-refractivity contribution in [3.05, 3.63) is 41.5 Å². The zero-order valence-corrected chi connectivity index (χ0v) is 8.98. The highest BCUT2D eigenvalue weighted by atomic mass is 35.5. The van der Waals surface area contributed by atoms with Crippen LogP contribution in [0.4, 0.5) is 4.39 Å². The molecule has 82 valence electrons. The molecule has 2 aromatic rings. The first kappa shape index (κ1) is 9.54. The molecule has 0 amide bonds. The van der Waals surface area contributed by atoms with E-state index in [1.54, 1.807) is 12.3 Å². The average Bonchev–Trinajstić information content (AvgIpc) is 2.63. The number of alkyl halides is 1. The molecule has 0 spiro atoms. The Labute approximate surface area is 96.1 Å². The summed E-state index contributed by atoms with van der Waals surface area (Å²) in [4.78, 5) is 3.14. The van der Waals surface area contributed by atoms with Crippen LogP contribution in [0.5, 0.6) is 0 Å². The van der Waals surface area contributed by atoms with E-state index >= 15 is 0 Å². The molecular weight excluding hydrogens is 229 g/mol. The molecule has 0 aliphatic carbocycles. The van der Waals surface area contributed by atoms with E-state index in [4.69, 9.17) is 17.3 Å². The van der Waals surface area contributed by atoms with Crippen LogP contribution in [0.1, 0.15) is 16.8 Å². The Morgan fingerprint density at radius 2 is 2.19 bits per heavy atom. The molecule has 0 fully saturated rings. The number of aromatic nitrogens is 1. The lowest BCUT2D eigenvalue weighted by molar-refractivity contribution is 0.629. The maximum absolute atomic E-state index is 13.2. The van der Waals surface area contributed by atoms with Crippen LogP contribution < -0.4 is 11.1 Å². The first-order chi connectivity index (χ1) is 7.66. The molecule has 1 atom stereocenters. The third-order valence-corrected chi connectivity index (χ3v) is 3.07. The summed E-state index contributed by atoms with van der Waals surface area (Å²) < 4.78 is 13.2. The number of hydrogen-bond donors (Lipinski definition) is 3. The molecule has 2 heterocycles. The van der Waals surface area contributed by atoms with E-state index in [1.807, 2.05) is 0 Å². The standard InChI is InChI=1S/C11H9ClFN3/c12-11-9-6-3-5(13)1-2-8(6)16-10(9)7(14)4-15-11/h1-4,11,15-16H,14H2. The van der Waals surface area contributed by atoms with E-state index in [-0.39, 0.29) is 5.82 Å². The quantitative estimate of drug-likeness (QED) is 0.487. The molecule has 5 heteroatoms. The lowest BCUT2D eigenvalue weighted by Crippen LogP contribution is -2.19. The van der Waals surface area contributed by atoms with E-state index in [9.17, 15) is 4.39 Å². The summed E-state index contributed by atoms with van der Waals surface area (Å²) in [6.07, 6.45) is 1.64. The lowest BCUT2D eigenvalue weighted by atomic mass is 10.1. The number of rotatable bonds is 0. The fourth-order valence-corrected chi connectivity index (χ4v) is 2.28. The van der Waals surface area contributed by atoms with Crippen molar-refractivity contribution in [2.24, 2.45) is 5.73 Å². The first-order valence-electron chi connectivity index (χ1n) is 4.84. The lowest BCUT2D eigenvalue weighted by Gasteiger charge is -2.17. The number of benzene rings is 1. The monoisotopic (exact) mass is 237 g/mol. The van der Waals surface area contributed by atoms with Gasteiger partial charge in [0.25, 0.3) is 0 Å². The largest absolute Gasteiger partial charge is 0.396 e. The highest BCUT2D eigenvalue weighted by Crippen LogP contribution is 2.35. The smallest absolute Gasteiger partial charge is 0.129 e. The highest BCUT2D eigenvalue weighted by molar-refractivity contribution is 6.22. The molecule has 0 saturated carbocycles. The fourth-order valence-electron chi connectivity index (χ4n) is 1.99. The number of nitrogens with one attached hydrogen (secondary N) is 2.